The predicted octanol–water partition coefficient (Wildman–Crippen LogP) is 6.45. The molecular weight excluding hydrogens is 407 g/mol. The summed E-state index contributed by atoms with van der Waals surface area (Å²) >= 11 is 17.7. The van der Waals surface area contributed by atoms with Gasteiger partial charge in [0.05, 0.1) is 10.7 Å². The lowest BCUT2D eigenvalue weighted by molar-refractivity contribution is -0.112. The Balaban J connectivity index is 1.81. The van der Waals surface area contributed by atoms with Gasteiger partial charge in [0, 0.05) is 21.7 Å². The van der Waals surface area contributed by atoms with Crippen LogP contribution in [-0.2, 0) is 4.79 Å². The molecule has 0 atom stereocenters. The molecule has 4 nitrogen and oxygen atoms in total. The van der Waals surface area contributed by atoms with E-state index >= 15 is 0 Å². The molecule has 0 aliphatic heterocycles. The number of amides is 1. The summed E-state index contributed by atoms with van der Waals surface area (Å²) in [7, 11) is 0. The molecule has 3 rings (SSSR count). The molecule has 0 fully saturated rings. The standard InChI is InChI=1S/C20H11Cl3N2O2/c21-14-3-1-12(2-4-14)19-8-6-16(27-19)9-13(11-24)20(26)25-18-7-5-15(22)10-17(18)23/h1-10H,(H,25,26)/b13-9+. The molecule has 7 heteroatoms. The highest BCUT2D eigenvalue weighted by atomic mass is 35.5. The van der Waals surface area contributed by atoms with Crippen LogP contribution in [0.1, 0.15) is 5.76 Å². The minimum atomic E-state index is -0.605. The quantitative estimate of drug-likeness (QED) is 0.392. The van der Waals surface area contributed by atoms with Gasteiger partial charge < -0.3 is 9.73 Å². The molecule has 2 aromatic carbocycles. The summed E-state index contributed by atoms with van der Waals surface area (Å²) in [6.45, 7) is 0. The number of nitrogens with zero attached hydrogens (tertiary/aromatic N) is 1. The number of furan rings is 1. The van der Waals surface area contributed by atoms with Gasteiger partial charge in [0.15, 0.2) is 0 Å². The number of rotatable bonds is 4. The van der Waals surface area contributed by atoms with Gasteiger partial charge in [0.25, 0.3) is 5.91 Å². The fourth-order valence-electron chi connectivity index (χ4n) is 2.27. The Labute approximate surface area is 170 Å². The first kappa shape index (κ1) is 19.1. The van der Waals surface area contributed by atoms with Crippen LogP contribution in [0.25, 0.3) is 17.4 Å². The van der Waals surface area contributed by atoms with Crippen molar-refractivity contribution in [3.05, 3.63) is 81.0 Å². The maximum Gasteiger partial charge on any atom is 0.266 e. The third-order valence-electron chi connectivity index (χ3n) is 3.59. The first-order valence-electron chi connectivity index (χ1n) is 7.70. The number of hydrogen-bond donors (Lipinski definition) is 1. The van der Waals surface area contributed by atoms with Gasteiger partial charge in [0.2, 0.25) is 0 Å². The lowest BCUT2D eigenvalue weighted by Gasteiger charge is -2.06. The summed E-state index contributed by atoms with van der Waals surface area (Å²) in [6.07, 6.45) is 1.36. The zero-order valence-corrected chi connectivity index (χ0v) is 15.9. The average Bonchev–Trinajstić information content (AvgIpc) is 3.11. The van der Waals surface area contributed by atoms with Gasteiger partial charge in [-0.05, 0) is 54.6 Å². The summed E-state index contributed by atoms with van der Waals surface area (Å²) in [5, 5.41) is 13.2. The third kappa shape index (κ3) is 4.72. The zero-order chi connectivity index (χ0) is 19.4. The lowest BCUT2D eigenvalue weighted by Crippen LogP contribution is -2.13. The molecule has 3 aromatic rings. The number of nitriles is 1. The Morgan fingerprint density at radius 2 is 1.70 bits per heavy atom. The monoisotopic (exact) mass is 416 g/mol. The Morgan fingerprint density at radius 1 is 1.00 bits per heavy atom. The molecule has 0 saturated carbocycles. The van der Waals surface area contributed by atoms with Crippen LogP contribution in [0.5, 0.6) is 0 Å². The third-order valence-corrected chi connectivity index (χ3v) is 4.39. The molecule has 0 saturated heterocycles. The molecule has 134 valence electrons. The molecule has 0 aliphatic rings. The summed E-state index contributed by atoms with van der Waals surface area (Å²) in [4.78, 5) is 12.3. The highest BCUT2D eigenvalue weighted by Gasteiger charge is 2.13. The van der Waals surface area contributed by atoms with Crippen molar-refractivity contribution in [3.63, 3.8) is 0 Å². The summed E-state index contributed by atoms with van der Waals surface area (Å²) in [6, 6.07) is 17.1. The van der Waals surface area contributed by atoms with Crippen LogP contribution in [0.15, 0.2) is 64.6 Å². The number of nitrogens with one attached hydrogen (secondary N) is 1. The van der Waals surface area contributed by atoms with Crippen molar-refractivity contribution in [1.82, 2.24) is 0 Å². The van der Waals surface area contributed by atoms with E-state index in [1.54, 1.807) is 36.4 Å². The Hall–Kier alpha value is -2.71. The van der Waals surface area contributed by atoms with Gasteiger partial charge in [-0.3, -0.25) is 4.79 Å². The topological polar surface area (TPSA) is 66.0 Å². The van der Waals surface area contributed by atoms with Crippen molar-refractivity contribution in [2.75, 3.05) is 5.32 Å². The maximum absolute atomic E-state index is 12.3. The minimum Gasteiger partial charge on any atom is -0.457 e. The van der Waals surface area contributed by atoms with E-state index in [0.29, 0.717) is 27.3 Å². The molecule has 0 aliphatic carbocycles. The highest BCUT2D eigenvalue weighted by Crippen LogP contribution is 2.27. The second kappa shape index (κ2) is 8.32. The normalized spacial score (nSPS) is 11.1. The largest absolute Gasteiger partial charge is 0.457 e. The second-order valence-electron chi connectivity index (χ2n) is 5.46. The van der Waals surface area contributed by atoms with E-state index in [0.717, 1.165) is 5.56 Å². The molecular formula is C20H11Cl3N2O2. The number of anilines is 1. The fraction of sp³-hybridized carbons (Fsp3) is 0. The molecule has 1 N–H and O–H groups in total. The number of carbonyl (C=O) groups excluding carboxylic acids is 1. The van der Waals surface area contributed by atoms with Crippen LogP contribution in [0.4, 0.5) is 5.69 Å². The summed E-state index contributed by atoms with van der Waals surface area (Å²) in [5.74, 6) is 0.358. The molecule has 1 amide bonds. The van der Waals surface area contributed by atoms with E-state index in [-0.39, 0.29) is 10.6 Å². The number of carbonyl (C=O) groups is 1. The van der Waals surface area contributed by atoms with Crippen LogP contribution in [0.2, 0.25) is 15.1 Å². The Kier molecular flexibility index (Phi) is 5.88. The van der Waals surface area contributed by atoms with Gasteiger partial charge in [-0.2, -0.15) is 5.26 Å². The fourth-order valence-corrected chi connectivity index (χ4v) is 2.85. The first-order valence-corrected chi connectivity index (χ1v) is 8.83. The number of benzene rings is 2. The van der Waals surface area contributed by atoms with Gasteiger partial charge >= 0.3 is 0 Å². The van der Waals surface area contributed by atoms with E-state index in [1.807, 2.05) is 18.2 Å². The number of halogens is 3. The Morgan fingerprint density at radius 3 is 2.37 bits per heavy atom. The lowest BCUT2D eigenvalue weighted by atomic mass is 10.2. The molecule has 0 radical (unpaired) electrons. The SMILES string of the molecule is N#C/C(=C\c1ccc(-c2ccc(Cl)cc2)o1)C(=O)Nc1ccc(Cl)cc1Cl. The molecule has 1 heterocycles. The zero-order valence-electron chi connectivity index (χ0n) is 13.7. The van der Waals surface area contributed by atoms with Crippen molar-refractivity contribution in [1.29, 1.82) is 5.26 Å². The van der Waals surface area contributed by atoms with Crippen molar-refractivity contribution in [3.8, 4) is 17.4 Å². The smallest absolute Gasteiger partial charge is 0.266 e. The van der Waals surface area contributed by atoms with Gasteiger partial charge in [-0.15, -0.1) is 0 Å². The van der Waals surface area contributed by atoms with E-state index in [1.165, 1.54) is 12.1 Å². The Bertz CT molecular complexity index is 1060. The molecule has 0 spiro atoms. The van der Waals surface area contributed by atoms with Gasteiger partial charge in [0.1, 0.15) is 23.2 Å². The van der Waals surface area contributed by atoms with Crippen molar-refractivity contribution in [2.45, 2.75) is 0 Å². The van der Waals surface area contributed by atoms with E-state index in [2.05, 4.69) is 5.32 Å². The van der Waals surface area contributed by atoms with Crippen molar-refractivity contribution < 1.29 is 9.21 Å². The summed E-state index contributed by atoms with van der Waals surface area (Å²) < 4.78 is 5.69. The molecule has 27 heavy (non-hydrogen) atoms. The van der Waals surface area contributed by atoms with E-state index < -0.39 is 5.91 Å². The number of hydrogen-bond acceptors (Lipinski definition) is 3. The van der Waals surface area contributed by atoms with E-state index in [4.69, 9.17) is 39.2 Å². The first-order chi connectivity index (χ1) is 13.0. The predicted molar refractivity (Wildman–Crippen MR) is 108 cm³/mol. The van der Waals surface area contributed by atoms with Crippen LogP contribution < -0.4 is 5.32 Å². The maximum atomic E-state index is 12.3. The molecule has 1 aromatic heterocycles. The van der Waals surface area contributed by atoms with Crippen LogP contribution >= 0.6 is 34.8 Å². The minimum absolute atomic E-state index is 0.127. The van der Waals surface area contributed by atoms with E-state index in [9.17, 15) is 10.1 Å². The van der Waals surface area contributed by atoms with Gasteiger partial charge in [-0.1, -0.05) is 34.8 Å². The second-order valence-corrected chi connectivity index (χ2v) is 6.74. The van der Waals surface area contributed by atoms with Crippen molar-refractivity contribution >= 4 is 52.5 Å². The average molecular weight is 418 g/mol. The highest BCUT2D eigenvalue weighted by molar-refractivity contribution is 6.37. The molecule has 0 bridgehead atoms. The molecule has 0 unspecified atom stereocenters. The van der Waals surface area contributed by atoms with Gasteiger partial charge in [-0.25, -0.2) is 0 Å². The van der Waals surface area contributed by atoms with Crippen LogP contribution in [0.3, 0.4) is 0 Å². The summed E-state index contributed by atoms with van der Waals surface area (Å²) in [5.41, 5.74) is 1.06. The van der Waals surface area contributed by atoms with Crippen LogP contribution in [-0.4, -0.2) is 5.91 Å². The van der Waals surface area contributed by atoms with Crippen molar-refractivity contribution in [2.24, 2.45) is 0 Å². The van der Waals surface area contributed by atoms with Crippen LogP contribution in [0, 0.1) is 11.3 Å².